The number of anilines is 3. The van der Waals surface area contributed by atoms with Crippen LogP contribution >= 0.6 is 11.6 Å². The molecule has 0 aliphatic rings. The largest absolute Gasteiger partial charge is 0.495 e. The molecule has 0 aliphatic heterocycles. The Hall–Kier alpha value is -2.86. The van der Waals surface area contributed by atoms with Gasteiger partial charge in [0.2, 0.25) is 5.95 Å². The average Bonchev–Trinajstić information content (AvgIpc) is 2.64. The minimum atomic E-state index is 0.443. The van der Waals surface area contributed by atoms with E-state index in [1.54, 1.807) is 19.4 Å². The van der Waals surface area contributed by atoms with Gasteiger partial charge in [-0.25, -0.2) is 0 Å². The molecule has 3 rings (SSSR count). The van der Waals surface area contributed by atoms with Gasteiger partial charge in [-0.15, -0.1) is 5.10 Å². The van der Waals surface area contributed by atoms with Gasteiger partial charge in [0.25, 0.3) is 0 Å². The van der Waals surface area contributed by atoms with Gasteiger partial charge in [0.1, 0.15) is 5.75 Å². The molecule has 0 radical (unpaired) electrons. The fraction of sp³-hybridized carbons (Fsp3) is 0.167. The van der Waals surface area contributed by atoms with Crippen LogP contribution in [0.2, 0.25) is 5.02 Å². The van der Waals surface area contributed by atoms with Gasteiger partial charge in [-0.3, -0.25) is 0 Å². The van der Waals surface area contributed by atoms with Crippen molar-refractivity contribution in [2.24, 2.45) is 0 Å². The summed E-state index contributed by atoms with van der Waals surface area (Å²) in [6.07, 6.45) is 1.55. The molecule has 0 amide bonds. The lowest BCUT2D eigenvalue weighted by molar-refractivity contribution is 0.416. The van der Waals surface area contributed by atoms with Crippen molar-refractivity contribution in [2.75, 3.05) is 17.7 Å². The van der Waals surface area contributed by atoms with E-state index in [4.69, 9.17) is 16.3 Å². The molecule has 1 heterocycles. The maximum atomic E-state index is 6.14. The van der Waals surface area contributed by atoms with E-state index in [9.17, 15) is 0 Å². The zero-order chi connectivity index (χ0) is 17.6. The molecule has 3 aromatic rings. The van der Waals surface area contributed by atoms with E-state index in [2.05, 4.69) is 25.8 Å². The van der Waals surface area contributed by atoms with Crippen LogP contribution in [0, 0.1) is 6.92 Å². The zero-order valence-corrected chi connectivity index (χ0v) is 14.7. The van der Waals surface area contributed by atoms with Crippen LogP contribution in [-0.4, -0.2) is 22.3 Å². The molecule has 0 bridgehead atoms. The van der Waals surface area contributed by atoms with Crippen molar-refractivity contribution in [2.45, 2.75) is 13.5 Å². The Morgan fingerprint density at radius 3 is 2.72 bits per heavy atom. The molecule has 25 heavy (non-hydrogen) atoms. The molecule has 0 fully saturated rings. The number of aryl methyl sites for hydroxylation is 1. The fourth-order valence-electron chi connectivity index (χ4n) is 2.28. The van der Waals surface area contributed by atoms with E-state index in [1.165, 1.54) is 0 Å². The van der Waals surface area contributed by atoms with E-state index < -0.39 is 0 Å². The highest BCUT2D eigenvalue weighted by molar-refractivity contribution is 6.31. The molecule has 2 N–H and O–H groups in total. The summed E-state index contributed by atoms with van der Waals surface area (Å²) in [7, 11) is 1.59. The van der Waals surface area contributed by atoms with Crippen molar-refractivity contribution in [3.8, 4) is 5.75 Å². The molecule has 0 atom stereocenters. The molecular weight excluding hydrogens is 338 g/mol. The molecule has 0 spiro atoms. The first-order chi connectivity index (χ1) is 12.2. The van der Waals surface area contributed by atoms with Crippen LogP contribution in [0.3, 0.4) is 0 Å². The Morgan fingerprint density at radius 2 is 1.96 bits per heavy atom. The molecule has 6 nitrogen and oxygen atoms in total. The lowest BCUT2D eigenvalue weighted by atomic mass is 10.2. The van der Waals surface area contributed by atoms with E-state index >= 15 is 0 Å². The highest BCUT2D eigenvalue weighted by Crippen LogP contribution is 2.32. The third kappa shape index (κ3) is 4.36. The molecule has 0 unspecified atom stereocenters. The molecule has 0 aliphatic carbocycles. The first kappa shape index (κ1) is 17.0. The van der Waals surface area contributed by atoms with Gasteiger partial charge >= 0.3 is 0 Å². The van der Waals surface area contributed by atoms with Crippen LogP contribution in [-0.2, 0) is 6.54 Å². The normalized spacial score (nSPS) is 10.4. The second-order valence-corrected chi connectivity index (χ2v) is 5.84. The number of rotatable bonds is 6. The monoisotopic (exact) mass is 355 g/mol. The molecular formula is C18H18ClN5O. The Bertz CT molecular complexity index is 857. The average molecular weight is 356 g/mol. The number of halogens is 1. The van der Waals surface area contributed by atoms with Crippen LogP contribution in [0.4, 0.5) is 17.5 Å². The van der Waals surface area contributed by atoms with Crippen molar-refractivity contribution >= 4 is 29.1 Å². The summed E-state index contributed by atoms with van der Waals surface area (Å²) in [5.74, 6) is 1.64. The summed E-state index contributed by atoms with van der Waals surface area (Å²) in [6.45, 7) is 2.55. The van der Waals surface area contributed by atoms with Crippen LogP contribution in [0.1, 0.15) is 11.1 Å². The Morgan fingerprint density at radius 1 is 1.16 bits per heavy atom. The van der Waals surface area contributed by atoms with Crippen molar-refractivity contribution in [3.63, 3.8) is 0 Å². The van der Waals surface area contributed by atoms with Crippen LogP contribution in [0.15, 0.2) is 48.7 Å². The van der Waals surface area contributed by atoms with Gasteiger partial charge < -0.3 is 15.4 Å². The number of methoxy groups -OCH3 is 1. The standard InChI is InChI=1S/C18H18ClN5O/c1-12-8-15(16(25-2)9-14(12)19)22-17-11-21-24-18(23-17)20-10-13-6-4-3-5-7-13/h3-9,11H,10H2,1-2H3,(H2,20,22,23,24). The van der Waals surface area contributed by atoms with Crippen molar-refractivity contribution < 1.29 is 4.74 Å². The molecule has 128 valence electrons. The minimum Gasteiger partial charge on any atom is -0.495 e. The second-order valence-electron chi connectivity index (χ2n) is 5.43. The summed E-state index contributed by atoms with van der Waals surface area (Å²) in [6, 6.07) is 13.7. The summed E-state index contributed by atoms with van der Waals surface area (Å²) in [5.41, 5.74) is 2.84. The zero-order valence-electron chi connectivity index (χ0n) is 14.0. The molecule has 0 saturated carbocycles. The maximum Gasteiger partial charge on any atom is 0.244 e. The Kier molecular flexibility index (Phi) is 5.30. The number of ether oxygens (including phenoxy) is 1. The van der Waals surface area contributed by atoms with Gasteiger partial charge in [-0.1, -0.05) is 41.9 Å². The molecule has 1 aromatic heterocycles. The molecule has 0 saturated heterocycles. The second kappa shape index (κ2) is 7.81. The van der Waals surface area contributed by atoms with Crippen molar-refractivity contribution in [3.05, 3.63) is 64.8 Å². The minimum absolute atomic E-state index is 0.443. The summed E-state index contributed by atoms with van der Waals surface area (Å²) in [5, 5.41) is 15.0. The maximum absolute atomic E-state index is 6.14. The van der Waals surface area contributed by atoms with Crippen molar-refractivity contribution in [1.29, 1.82) is 0 Å². The lowest BCUT2D eigenvalue weighted by Crippen LogP contribution is -2.06. The predicted octanol–water partition coefficient (Wildman–Crippen LogP) is 4.20. The summed E-state index contributed by atoms with van der Waals surface area (Å²) >= 11 is 6.14. The summed E-state index contributed by atoms with van der Waals surface area (Å²) in [4.78, 5) is 4.43. The van der Waals surface area contributed by atoms with E-state index in [0.717, 1.165) is 16.8 Å². The smallest absolute Gasteiger partial charge is 0.244 e. The first-order valence-electron chi connectivity index (χ1n) is 7.74. The van der Waals surface area contributed by atoms with Crippen LogP contribution in [0.25, 0.3) is 0 Å². The quantitative estimate of drug-likeness (QED) is 0.690. The number of hydrogen-bond donors (Lipinski definition) is 2. The number of aromatic nitrogens is 3. The fourth-order valence-corrected chi connectivity index (χ4v) is 2.44. The van der Waals surface area contributed by atoms with Crippen molar-refractivity contribution in [1.82, 2.24) is 15.2 Å². The number of nitrogens with one attached hydrogen (secondary N) is 2. The predicted molar refractivity (Wildman–Crippen MR) is 99.6 cm³/mol. The Labute approximate surface area is 151 Å². The number of nitrogens with zero attached hydrogens (tertiary/aromatic N) is 3. The Balaban J connectivity index is 1.75. The highest BCUT2D eigenvalue weighted by Gasteiger charge is 2.09. The molecule has 2 aromatic carbocycles. The third-order valence-corrected chi connectivity index (χ3v) is 4.00. The molecule has 7 heteroatoms. The van der Waals surface area contributed by atoms with E-state index in [1.807, 2.05) is 43.3 Å². The third-order valence-electron chi connectivity index (χ3n) is 3.60. The topological polar surface area (TPSA) is 72.0 Å². The lowest BCUT2D eigenvalue weighted by Gasteiger charge is -2.13. The van der Waals surface area contributed by atoms with Gasteiger partial charge in [0, 0.05) is 17.6 Å². The first-order valence-corrected chi connectivity index (χ1v) is 8.12. The van der Waals surface area contributed by atoms with Crippen LogP contribution < -0.4 is 15.4 Å². The number of hydrogen-bond acceptors (Lipinski definition) is 6. The van der Waals surface area contributed by atoms with Gasteiger partial charge in [0.15, 0.2) is 5.82 Å². The highest BCUT2D eigenvalue weighted by atomic mass is 35.5. The van der Waals surface area contributed by atoms with Gasteiger partial charge in [-0.05, 0) is 24.1 Å². The van der Waals surface area contributed by atoms with Gasteiger partial charge in [0.05, 0.1) is 19.0 Å². The summed E-state index contributed by atoms with van der Waals surface area (Å²) < 4.78 is 5.36. The van der Waals surface area contributed by atoms with E-state index in [-0.39, 0.29) is 0 Å². The van der Waals surface area contributed by atoms with Gasteiger partial charge in [-0.2, -0.15) is 10.1 Å². The number of benzene rings is 2. The van der Waals surface area contributed by atoms with Crippen LogP contribution in [0.5, 0.6) is 5.75 Å². The SMILES string of the molecule is COc1cc(Cl)c(C)cc1Nc1cnnc(NCc2ccccc2)n1. The van der Waals surface area contributed by atoms with E-state index in [0.29, 0.717) is 29.1 Å².